The molecule has 2 fully saturated rings. The number of aromatic nitrogens is 1. The van der Waals surface area contributed by atoms with Crippen LogP contribution in [0, 0.1) is 0 Å². The Morgan fingerprint density at radius 2 is 2.11 bits per heavy atom. The predicted octanol–water partition coefficient (Wildman–Crippen LogP) is 3.57. The van der Waals surface area contributed by atoms with Crippen molar-refractivity contribution in [2.45, 2.75) is 30.3 Å². The van der Waals surface area contributed by atoms with Crippen LogP contribution < -0.4 is 5.32 Å². The Balaban J connectivity index is 1.45. The number of fused-ring (bicyclic) bond motifs is 2. The molecular weight excluding hydrogens is 410 g/mol. The van der Waals surface area contributed by atoms with Crippen LogP contribution in [0.2, 0.25) is 0 Å². The highest BCUT2D eigenvalue weighted by Crippen LogP contribution is 2.52. The van der Waals surface area contributed by atoms with Gasteiger partial charge in [-0.05, 0) is 36.6 Å². The largest absolute Gasteiger partial charge is 0.436 e. The first-order chi connectivity index (χ1) is 13.0. The first kappa shape index (κ1) is 16.7. The Labute approximate surface area is 165 Å². The van der Waals surface area contributed by atoms with Gasteiger partial charge in [-0.3, -0.25) is 15.1 Å². The summed E-state index contributed by atoms with van der Waals surface area (Å²) < 4.78 is 6.70. The van der Waals surface area contributed by atoms with Crippen molar-refractivity contribution < 1.29 is 14.3 Å². The minimum atomic E-state index is -0.788. The van der Waals surface area contributed by atoms with Crippen LogP contribution in [0.5, 0.6) is 0 Å². The molecule has 2 amide bonds. The molecule has 3 heterocycles. The Kier molecular flexibility index (Phi) is 3.59. The summed E-state index contributed by atoms with van der Waals surface area (Å²) in [4.78, 5) is 31.4. The molecule has 1 aliphatic carbocycles. The summed E-state index contributed by atoms with van der Waals surface area (Å²) in [5.74, 6) is 0.127. The molecule has 2 aromatic rings. The van der Waals surface area contributed by atoms with Gasteiger partial charge in [0.2, 0.25) is 5.91 Å². The maximum Gasteiger partial charge on any atom is 0.412 e. The highest BCUT2D eigenvalue weighted by Gasteiger charge is 2.57. The second-order valence-electron chi connectivity index (χ2n) is 7.50. The fraction of sp³-hybridized carbons (Fsp3) is 0.350. The lowest BCUT2D eigenvalue weighted by Crippen LogP contribution is -2.44. The molecule has 0 bridgehead atoms. The molecule has 5 rings (SSSR count). The number of ether oxygens (including phenoxy) is 1. The molecule has 27 heavy (non-hydrogen) atoms. The standard InChI is InChI=1S/C20H18BrN3O3/c21-14-3-1-2-13(10-14)19(5-6-19)17(25)24-9-7-20(12-24)15-4-8-22-11-16(15)23-18(26)27-20/h1-4,8,10-11H,5-7,9,12H2,(H,23,26). The van der Waals surface area contributed by atoms with E-state index in [2.05, 4.69) is 26.2 Å². The van der Waals surface area contributed by atoms with E-state index < -0.39 is 17.1 Å². The van der Waals surface area contributed by atoms with Gasteiger partial charge in [0.25, 0.3) is 0 Å². The maximum atomic E-state index is 13.4. The van der Waals surface area contributed by atoms with Gasteiger partial charge in [-0.1, -0.05) is 28.1 Å². The fourth-order valence-corrected chi connectivity index (χ4v) is 4.76. The molecule has 2 aliphatic heterocycles. The van der Waals surface area contributed by atoms with Crippen molar-refractivity contribution in [3.05, 3.63) is 58.3 Å². The molecule has 6 nitrogen and oxygen atoms in total. The number of carbonyl (C=O) groups excluding carboxylic acids is 2. The summed E-state index contributed by atoms with van der Waals surface area (Å²) in [5.41, 5.74) is 1.38. The number of nitrogens with one attached hydrogen (secondary N) is 1. The van der Waals surface area contributed by atoms with E-state index >= 15 is 0 Å². The molecule has 1 N–H and O–H groups in total. The lowest BCUT2D eigenvalue weighted by Gasteiger charge is -2.35. The molecular formula is C20H18BrN3O3. The third kappa shape index (κ3) is 2.56. The van der Waals surface area contributed by atoms with E-state index in [1.807, 2.05) is 35.2 Å². The van der Waals surface area contributed by atoms with Crippen LogP contribution >= 0.6 is 15.9 Å². The minimum Gasteiger partial charge on any atom is -0.436 e. The molecule has 1 unspecified atom stereocenters. The van der Waals surface area contributed by atoms with Crippen LogP contribution in [-0.4, -0.2) is 35.0 Å². The summed E-state index contributed by atoms with van der Waals surface area (Å²) in [6.07, 6.45) is 5.14. The number of hydrogen-bond acceptors (Lipinski definition) is 4. The second-order valence-corrected chi connectivity index (χ2v) is 8.41. The highest BCUT2D eigenvalue weighted by atomic mass is 79.9. The average Bonchev–Trinajstić information content (AvgIpc) is 3.37. The SMILES string of the molecule is O=C1Nc2cnccc2C2(CCN(C(=O)C3(c4cccc(Br)c4)CC3)C2)O1. The molecule has 1 saturated heterocycles. The molecule has 1 saturated carbocycles. The molecule has 1 atom stereocenters. The molecule has 138 valence electrons. The lowest BCUT2D eigenvalue weighted by atomic mass is 9.91. The number of hydrogen-bond donors (Lipinski definition) is 1. The zero-order valence-electron chi connectivity index (χ0n) is 14.6. The molecule has 0 radical (unpaired) electrons. The maximum absolute atomic E-state index is 13.4. The van der Waals surface area contributed by atoms with Crippen LogP contribution in [0.4, 0.5) is 10.5 Å². The smallest absolute Gasteiger partial charge is 0.412 e. The van der Waals surface area contributed by atoms with Crippen molar-refractivity contribution in [2.75, 3.05) is 18.4 Å². The predicted molar refractivity (Wildman–Crippen MR) is 102 cm³/mol. The number of amides is 2. The first-order valence-corrected chi connectivity index (χ1v) is 9.82. The average molecular weight is 428 g/mol. The number of benzene rings is 1. The van der Waals surface area contributed by atoms with Gasteiger partial charge in [-0.25, -0.2) is 4.79 Å². The number of pyridine rings is 1. The zero-order valence-corrected chi connectivity index (χ0v) is 16.2. The van der Waals surface area contributed by atoms with Crippen LogP contribution in [-0.2, 0) is 20.5 Å². The number of rotatable bonds is 2. The van der Waals surface area contributed by atoms with E-state index in [9.17, 15) is 9.59 Å². The van der Waals surface area contributed by atoms with Crippen LogP contribution in [0.25, 0.3) is 0 Å². The van der Waals surface area contributed by atoms with Gasteiger partial charge < -0.3 is 9.64 Å². The quantitative estimate of drug-likeness (QED) is 0.794. The van der Waals surface area contributed by atoms with E-state index in [1.165, 1.54) is 0 Å². The van der Waals surface area contributed by atoms with E-state index in [-0.39, 0.29) is 5.91 Å². The number of halogens is 1. The van der Waals surface area contributed by atoms with Crippen molar-refractivity contribution >= 4 is 33.6 Å². The third-order valence-electron chi connectivity index (χ3n) is 5.89. The van der Waals surface area contributed by atoms with Crippen molar-refractivity contribution in [1.82, 2.24) is 9.88 Å². The second kappa shape index (κ2) is 5.79. The van der Waals surface area contributed by atoms with Gasteiger partial charge in [0.05, 0.1) is 23.8 Å². The highest BCUT2D eigenvalue weighted by molar-refractivity contribution is 9.10. The first-order valence-electron chi connectivity index (χ1n) is 9.02. The van der Waals surface area contributed by atoms with Crippen LogP contribution in [0.1, 0.15) is 30.4 Å². The number of likely N-dealkylation sites (tertiary alicyclic amines) is 1. The van der Waals surface area contributed by atoms with Gasteiger partial charge in [-0.2, -0.15) is 0 Å². The minimum absolute atomic E-state index is 0.127. The van der Waals surface area contributed by atoms with E-state index in [0.29, 0.717) is 25.2 Å². The Morgan fingerprint density at radius 3 is 2.89 bits per heavy atom. The van der Waals surface area contributed by atoms with Gasteiger partial charge >= 0.3 is 6.09 Å². The Morgan fingerprint density at radius 1 is 1.26 bits per heavy atom. The monoisotopic (exact) mass is 427 g/mol. The molecule has 1 aromatic heterocycles. The van der Waals surface area contributed by atoms with Gasteiger partial charge in [-0.15, -0.1) is 0 Å². The van der Waals surface area contributed by atoms with Gasteiger partial charge in [0.1, 0.15) is 0 Å². The Bertz CT molecular complexity index is 959. The summed E-state index contributed by atoms with van der Waals surface area (Å²) in [6, 6.07) is 9.85. The van der Waals surface area contributed by atoms with E-state index in [1.54, 1.807) is 12.4 Å². The fourth-order valence-electron chi connectivity index (χ4n) is 4.36. The van der Waals surface area contributed by atoms with Crippen molar-refractivity contribution in [3.8, 4) is 0 Å². The number of anilines is 1. The summed E-state index contributed by atoms with van der Waals surface area (Å²) in [7, 11) is 0. The third-order valence-corrected chi connectivity index (χ3v) is 6.39. The van der Waals surface area contributed by atoms with Crippen molar-refractivity contribution in [1.29, 1.82) is 0 Å². The van der Waals surface area contributed by atoms with Crippen LogP contribution in [0.3, 0.4) is 0 Å². The molecule has 7 heteroatoms. The molecule has 1 spiro atoms. The molecule has 1 aromatic carbocycles. The lowest BCUT2D eigenvalue weighted by molar-refractivity contribution is -0.134. The van der Waals surface area contributed by atoms with Gasteiger partial charge in [0.15, 0.2) is 5.60 Å². The number of carbonyl (C=O) groups is 2. The Hall–Kier alpha value is -2.41. The summed E-state index contributed by atoms with van der Waals surface area (Å²) in [6.45, 7) is 0.954. The number of nitrogens with zero attached hydrogens (tertiary/aromatic N) is 2. The van der Waals surface area contributed by atoms with E-state index in [0.717, 1.165) is 28.4 Å². The van der Waals surface area contributed by atoms with Crippen molar-refractivity contribution in [2.24, 2.45) is 0 Å². The van der Waals surface area contributed by atoms with Crippen LogP contribution in [0.15, 0.2) is 47.2 Å². The summed E-state index contributed by atoms with van der Waals surface area (Å²) in [5, 5.41) is 2.70. The van der Waals surface area contributed by atoms with Crippen molar-refractivity contribution in [3.63, 3.8) is 0 Å². The zero-order chi connectivity index (χ0) is 18.6. The summed E-state index contributed by atoms with van der Waals surface area (Å²) >= 11 is 3.50. The normalized spacial score (nSPS) is 24.9. The van der Waals surface area contributed by atoms with E-state index in [4.69, 9.17) is 4.74 Å². The van der Waals surface area contributed by atoms with Gasteiger partial charge in [0, 0.05) is 29.2 Å². The molecule has 3 aliphatic rings. The topological polar surface area (TPSA) is 71.5 Å².